The van der Waals surface area contributed by atoms with Crippen molar-refractivity contribution in [1.82, 2.24) is 0 Å². The molecule has 0 atom stereocenters. The molecule has 0 unspecified atom stereocenters. The highest BCUT2D eigenvalue weighted by Gasteiger charge is 2.07. The normalized spacial score (nSPS) is 10.2. The zero-order valence-corrected chi connectivity index (χ0v) is 14.3. The lowest BCUT2D eigenvalue weighted by molar-refractivity contribution is 0.0450. The van der Waals surface area contributed by atoms with E-state index in [9.17, 15) is 4.79 Å². The van der Waals surface area contributed by atoms with E-state index in [4.69, 9.17) is 14.2 Å². The first-order valence-electron chi connectivity index (χ1n) is 8.28. The Hall–Kier alpha value is -2.49. The van der Waals surface area contributed by atoms with Gasteiger partial charge >= 0.3 is 5.97 Å². The van der Waals surface area contributed by atoms with Crippen LogP contribution >= 0.6 is 0 Å². The van der Waals surface area contributed by atoms with Crippen LogP contribution in [-0.4, -0.2) is 25.8 Å². The summed E-state index contributed by atoms with van der Waals surface area (Å²) in [4.78, 5) is 12.0. The van der Waals surface area contributed by atoms with Crippen LogP contribution in [0.3, 0.4) is 0 Å². The average molecular weight is 328 g/mol. The first-order chi connectivity index (χ1) is 11.7. The fraction of sp³-hybridized carbons (Fsp3) is 0.350. The van der Waals surface area contributed by atoms with E-state index in [1.807, 2.05) is 31.2 Å². The van der Waals surface area contributed by atoms with Gasteiger partial charge in [0.25, 0.3) is 0 Å². The minimum atomic E-state index is -0.358. The van der Waals surface area contributed by atoms with Gasteiger partial charge in [-0.15, -0.1) is 0 Å². The summed E-state index contributed by atoms with van der Waals surface area (Å²) in [6, 6.07) is 14.8. The van der Waals surface area contributed by atoms with E-state index in [0.717, 1.165) is 29.9 Å². The standard InChI is InChI=1S/C20H24O4/c1-3-4-12-22-18-10-8-17(9-11-18)20(21)24-14-13-23-19-7-5-6-16(2)15-19/h5-11,15H,3-4,12-14H2,1-2H3. The van der Waals surface area contributed by atoms with Gasteiger partial charge in [-0.25, -0.2) is 4.79 Å². The number of hydrogen-bond acceptors (Lipinski definition) is 4. The summed E-state index contributed by atoms with van der Waals surface area (Å²) in [6.07, 6.45) is 2.11. The molecule has 0 aliphatic rings. The molecule has 0 spiro atoms. The molecule has 2 aromatic carbocycles. The molecule has 0 saturated heterocycles. The largest absolute Gasteiger partial charge is 0.494 e. The third-order valence-electron chi connectivity index (χ3n) is 3.43. The van der Waals surface area contributed by atoms with Gasteiger partial charge in [0.15, 0.2) is 0 Å². The zero-order valence-electron chi connectivity index (χ0n) is 14.3. The second-order valence-electron chi connectivity index (χ2n) is 5.53. The Morgan fingerprint density at radius 1 is 0.917 bits per heavy atom. The van der Waals surface area contributed by atoms with E-state index in [2.05, 4.69) is 6.92 Å². The lowest BCUT2D eigenvalue weighted by Crippen LogP contribution is -2.12. The molecule has 0 aliphatic heterocycles. The molecule has 0 bridgehead atoms. The smallest absolute Gasteiger partial charge is 0.338 e. The summed E-state index contributed by atoms with van der Waals surface area (Å²) in [6.45, 7) is 5.35. The zero-order chi connectivity index (χ0) is 17.2. The topological polar surface area (TPSA) is 44.8 Å². The van der Waals surface area contributed by atoms with E-state index >= 15 is 0 Å². The highest BCUT2D eigenvalue weighted by Crippen LogP contribution is 2.14. The highest BCUT2D eigenvalue weighted by atomic mass is 16.6. The number of unbranched alkanes of at least 4 members (excludes halogenated alkanes) is 1. The van der Waals surface area contributed by atoms with Crippen molar-refractivity contribution in [1.29, 1.82) is 0 Å². The Bertz CT molecular complexity index is 634. The Morgan fingerprint density at radius 3 is 2.38 bits per heavy atom. The Kier molecular flexibility index (Phi) is 7.15. The van der Waals surface area contributed by atoms with Crippen molar-refractivity contribution in [2.45, 2.75) is 26.7 Å². The van der Waals surface area contributed by atoms with E-state index in [1.165, 1.54) is 0 Å². The molecule has 0 aromatic heterocycles. The van der Waals surface area contributed by atoms with Crippen molar-refractivity contribution >= 4 is 5.97 Å². The monoisotopic (exact) mass is 328 g/mol. The van der Waals surface area contributed by atoms with Gasteiger partial charge in [-0.3, -0.25) is 0 Å². The van der Waals surface area contributed by atoms with Crippen LogP contribution in [0.5, 0.6) is 11.5 Å². The van der Waals surface area contributed by atoms with Gasteiger partial charge in [-0.05, 0) is 55.3 Å². The third kappa shape index (κ3) is 5.95. The molecule has 0 saturated carbocycles. The first kappa shape index (κ1) is 17.9. The maximum absolute atomic E-state index is 12.0. The molecule has 4 nitrogen and oxygen atoms in total. The summed E-state index contributed by atoms with van der Waals surface area (Å²) in [5.41, 5.74) is 1.64. The van der Waals surface area contributed by atoms with Gasteiger partial charge in [0, 0.05) is 0 Å². The predicted octanol–water partition coefficient (Wildman–Crippen LogP) is 4.41. The van der Waals surface area contributed by atoms with Crippen LogP contribution < -0.4 is 9.47 Å². The van der Waals surface area contributed by atoms with Gasteiger partial charge in [0.05, 0.1) is 12.2 Å². The van der Waals surface area contributed by atoms with Gasteiger partial charge in [0.1, 0.15) is 24.7 Å². The fourth-order valence-electron chi connectivity index (χ4n) is 2.10. The SMILES string of the molecule is CCCCOc1ccc(C(=O)OCCOc2cccc(C)c2)cc1. The molecule has 128 valence electrons. The fourth-order valence-corrected chi connectivity index (χ4v) is 2.10. The number of aryl methyl sites for hydroxylation is 1. The van der Waals surface area contributed by atoms with Crippen molar-refractivity contribution in [2.24, 2.45) is 0 Å². The van der Waals surface area contributed by atoms with Gasteiger partial charge in [-0.2, -0.15) is 0 Å². The minimum absolute atomic E-state index is 0.210. The van der Waals surface area contributed by atoms with Gasteiger partial charge in [0.2, 0.25) is 0 Å². The molecular formula is C20H24O4. The predicted molar refractivity (Wildman–Crippen MR) is 93.8 cm³/mol. The van der Waals surface area contributed by atoms with Crippen LogP contribution in [0.4, 0.5) is 0 Å². The lowest BCUT2D eigenvalue weighted by Gasteiger charge is -2.09. The van der Waals surface area contributed by atoms with Crippen LogP contribution in [0.1, 0.15) is 35.7 Å². The van der Waals surface area contributed by atoms with Crippen molar-refractivity contribution in [3.63, 3.8) is 0 Å². The van der Waals surface area contributed by atoms with Gasteiger partial charge in [-0.1, -0.05) is 25.5 Å². The van der Waals surface area contributed by atoms with Crippen molar-refractivity contribution in [3.05, 3.63) is 59.7 Å². The maximum Gasteiger partial charge on any atom is 0.338 e. The van der Waals surface area contributed by atoms with Crippen LogP contribution in [-0.2, 0) is 4.74 Å². The number of ether oxygens (including phenoxy) is 3. The van der Waals surface area contributed by atoms with Crippen molar-refractivity contribution in [2.75, 3.05) is 19.8 Å². The highest BCUT2D eigenvalue weighted by molar-refractivity contribution is 5.89. The number of benzene rings is 2. The maximum atomic E-state index is 12.0. The molecule has 24 heavy (non-hydrogen) atoms. The summed E-state index contributed by atoms with van der Waals surface area (Å²) < 4.78 is 16.3. The second-order valence-corrected chi connectivity index (χ2v) is 5.53. The number of carbonyl (C=O) groups excluding carboxylic acids is 1. The van der Waals surface area contributed by atoms with Crippen LogP contribution in [0.2, 0.25) is 0 Å². The Labute approximate surface area is 143 Å². The average Bonchev–Trinajstić information content (AvgIpc) is 2.59. The number of rotatable bonds is 9. The molecule has 2 rings (SSSR count). The number of carbonyl (C=O) groups is 1. The van der Waals surface area contributed by atoms with E-state index < -0.39 is 0 Å². The minimum Gasteiger partial charge on any atom is -0.494 e. The molecule has 0 radical (unpaired) electrons. The van der Waals surface area contributed by atoms with Crippen LogP contribution in [0.25, 0.3) is 0 Å². The first-order valence-corrected chi connectivity index (χ1v) is 8.28. The van der Waals surface area contributed by atoms with Crippen molar-refractivity contribution in [3.8, 4) is 11.5 Å². The number of hydrogen-bond donors (Lipinski definition) is 0. The summed E-state index contributed by atoms with van der Waals surface area (Å²) >= 11 is 0. The number of esters is 1. The quantitative estimate of drug-likeness (QED) is 0.505. The van der Waals surface area contributed by atoms with Crippen LogP contribution in [0, 0.1) is 6.92 Å². The third-order valence-corrected chi connectivity index (χ3v) is 3.43. The Morgan fingerprint density at radius 2 is 1.67 bits per heavy atom. The molecule has 0 fully saturated rings. The molecule has 4 heteroatoms. The molecule has 2 aromatic rings. The Balaban J connectivity index is 1.72. The molecule has 0 heterocycles. The summed E-state index contributed by atoms with van der Waals surface area (Å²) in [7, 11) is 0. The van der Waals surface area contributed by atoms with Gasteiger partial charge < -0.3 is 14.2 Å². The van der Waals surface area contributed by atoms with E-state index in [-0.39, 0.29) is 12.6 Å². The molecule has 0 aliphatic carbocycles. The summed E-state index contributed by atoms with van der Waals surface area (Å²) in [5.74, 6) is 1.19. The van der Waals surface area contributed by atoms with E-state index in [0.29, 0.717) is 18.8 Å². The lowest BCUT2D eigenvalue weighted by atomic mass is 10.2. The second kappa shape index (κ2) is 9.60. The van der Waals surface area contributed by atoms with Crippen molar-refractivity contribution < 1.29 is 19.0 Å². The molecular weight excluding hydrogens is 304 g/mol. The molecule has 0 amide bonds. The molecule has 0 N–H and O–H groups in total. The van der Waals surface area contributed by atoms with E-state index in [1.54, 1.807) is 24.3 Å². The summed E-state index contributed by atoms with van der Waals surface area (Å²) in [5, 5.41) is 0. The van der Waals surface area contributed by atoms with Crippen LogP contribution in [0.15, 0.2) is 48.5 Å².